The minimum Gasteiger partial charge on any atom is -0.462 e. The van der Waals surface area contributed by atoms with Gasteiger partial charge in [0.1, 0.15) is 19.3 Å². The van der Waals surface area contributed by atoms with Crippen LogP contribution >= 0.6 is 15.6 Å². The first-order chi connectivity index (χ1) is 47.3. The van der Waals surface area contributed by atoms with Crippen LogP contribution in [0.4, 0.5) is 0 Å². The Kier molecular flexibility index (Phi) is 68.1. The Hall–Kier alpha value is -1.94. The summed E-state index contributed by atoms with van der Waals surface area (Å²) in [5.74, 6) is 0.246. The quantitative estimate of drug-likeness (QED) is 0.0222. The number of phosphoric ester groups is 2. The van der Waals surface area contributed by atoms with E-state index in [9.17, 15) is 43.2 Å². The second-order valence-electron chi connectivity index (χ2n) is 29.4. The van der Waals surface area contributed by atoms with E-state index >= 15 is 0 Å². The van der Waals surface area contributed by atoms with Gasteiger partial charge in [-0.25, -0.2) is 9.13 Å². The SMILES string of the molecule is CCCCCCCCCCCCCCCC(=O)O[C@H](COC(=O)CCCCCCCCC(C)CC)COP(=O)(O)OC[C@H](O)COP(=O)(O)OC[C@@H](COC(=O)CCCCCCCCCCCCC(C)C)OC(=O)CCCCCCCCCCCCCCCCCCCCC(C)CC. The van der Waals surface area contributed by atoms with Gasteiger partial charge in [-0.05, 0) is 43.4 Å². The van der Waals surface area contributed by atoms with Crippen molar-refractivity contribution in [1.29, 1.82) is 0 Å². The molecule has 17 nitrogen and oxygen atoms in total. The summed E-state index contributed by atoms with van der Waals surface area (Å²) in [5.41, 5.74) is 0. The summed E-state index contributed by atoms with van der Waals surface area (Å²) in [5, 5.41) is 10.6. The number of rotatable bonds is 77. The second-order valence-corrected chi connectivity index (χ2v) is 32.3. The number of carbonyl (C=O) groups is 4. The van der Waals surface area contributed by atoms with Crippen LogP contribution in [0.1, 0.15) is 408 Å². The number of phosphoric acid groups is 2. The monoisotopic (exact) mass is 1440 g/mol. The van der Waals surface area contributed by atoms with Gasteiger partial charge < -0.3 is 33.8 Å². The molecule has 0 aliphatic rings. The molecular formula is C79H154O17P2. The van der Waals surface area contributed by atoms with Crippen LogP contribution in [-0.4, -0.2) is 96.7 Å². The molecule has 0 saturated carbocycles. The Morgan fingerprint density at radius 2 is 0.520 bits per heavy atom. The number of hydrogen-bond donors (Lipinski definition) is 3. The number of aliphatic hydroxyl groups excluding tert-OH is 1. The number of ether oxygens (including phenoxy) is 4. The van der Waals surface area contributed by atoms with Crippen LogP contribution in [0, 0.1) is 17.8 Å². The maximum atomic E-state index is 13.1. The van der Waals surface area contributed by atoms with E-state index in [4.69, 9.17) is 37.0 Å². The van der Waals surface area contributed by atoms with E-state index in [0.717, 1.165) is 114 Å². The molecule has 0 aromatic rings. The molecule has 0 rings (SSSR count). The van der Waals surface area contributed by atoms with Crippen LogP contribution in [0.25, 0.3) is 0 Å². The molecule has 0 aliphatic carbocycles. The standard InChI is InChI=1S/C79H154O17P2/c1-8-11-12-13-14-15-16-23-27-34-39-48-55-62-79(84)96-75(67-90-77(82)61-54-47-42-41-45-52-59-72(7)10-3)69-94-98(87,88)92-65-73(80)64-91-97(85,86)93-68-74(66-89-76(81)60-53-46-38-33-30-29-31-36-43-50-57-70(4)5)95-78(83)63-56-49-40-35-28-25-22-20-18-17-19-21-24-26-32-37-44-51-58-71(6)9-2/h70-75,80H,8-69H2,1-7H3,(H,85,86)(H,87,88)/t71?,72?,73-,74-,75-/m1/s1. The van der Waals surface area contributed by atoms with E-state index in [0.29, 0.717) is 25.7 Å². The summed E-state index contributed by atoms with van der Waals surface area (Å²) in [7, 11) is -9.92. The van der Waals surface area contributed by atoms with E-state index < -0.39 is 97.5 Å². The molecule has 0 heterocycles. The summed E-state index contributed by atoms with van der Waals surface area (Å²) >= 11 is 0. The van der Waals surface area contributed by atoms with Gasteiger partial charge in [0, 0.05) is 25.7 Å². The Labute approximate surface area is 600 Å². The Bertz CT molecular complexity index is 1910. The van der Waals surface area contributed by atoms with Gasteiger partial charge >= 0.3 is 39.5 Å². The van der Waals surface area contributed by atoms with Gasteiger partial charge in [0.2, 0.25) is 0 Å². The predicted octanol–water partition coefficient (Wildman–Crippen LogP) is 23.4. The van der Waals surface area contributed by atoms with Crippen molar-refractivity contribution in [2.75, 3.05) is 39.6 Å². The number of esters is 4. The molecule has 0 fully saturated rings. The molecule has 19 heteroatoms. The highest BCUT2D eigenvalue weighted by Gasteiger charge is 2.30. The first kappa shape index (κ1) is 96.1. The Balaban J connectivity index is 5.20. The average molecular weight is 1440 g/mol. The molecule has 0 aliphatic heterocycles. The van der Waals surface area contributed by atoms with Crippen LogP contribution in [0.2, 0.25) is 0 Å². The fourth-order valence-corrected chi connectivity index (χ4v) is 13.6. The summed E-state index contributed by atoms with van der Waals surface area (Å²) in [6, 6.07) is 0. The van der Waals surface area contributed by atoms with E-state index in [-0.39, 0.29) is 25.7 Å². The van der Waals surface area contributed by atoms with Crippen molar-refractivity contribution in [1.82, 2.24) is 0 Å². The summed E-state index contributed by atoms with van der Waals surface area (Å²) < 4.78 is 68.6. The van der Waals surface area contributed by atoms with Crippen molar-refractivity contribution >= 4 is 39.5 Å². The third-order valence-electron chi connectivity index (χ3n) is 19.1. The van der Waals surface area contributed by atoms with Gasteiger partial charge in [-0.2, -0.15) is 0 Å². The van der Waals surface area contributed by atoms with Crippen LogP contribution in [0.15, 0.2) is 0 Å². The zero-order valence-corrected chi connectivity index (χ0v) is 66.0. The number of hydrogen-bond acceptors (Lipinski definition) is 15. The maximum Gasteiger partial charge on any atom is 0.472 e. The van der Waals surface area contributed by atoms with Gasteiger partial charge in [0.05, 0.1) is 26.4 Å². The second kappa shape index (κ2) is 69.4. The molecule has 0 bridgehead atoms. The van der Waals surface area contributed by atoms with Crippen molar-refractivity contribution in [2.45, 2.75) is 426 Å². The molecule has 7 atom stereocenters. The van der Waals surface area contributed by atoms with Crippen molar-refractivity contribution in [3.8, 4) is 0 Å². The molecule has 0 amide bonds. The molecule has 0 aromatic carbocycles. The molecule has 582 valence electrons. The zero-order chi connectivity index (χ0) is 72.3. The average Bonchev–Trinajstić information content (AvgIpc) is 1.17. The highest BCUT2D eigenvalue weighted by molar-refractivity contribution is 7.47. The van der Waals surface area contributed by atoms with Crippen molar-refractivity contribution < 1.29 is 80.2 Å². The first-order valence-electron chi connectivity index (χ1n) is 40.9. The van der Waals surface area contributed by atoms with Crippen LogP contribution in [0.5, 0.6) is 0 Å². The first-order valence-corrected chi connectivity index (χ1v) is 43.9. The number of carbonyl (C=O) groups excluding carboxylic acids is 4. The van der Waals surface area contributed by atoms with E-state index in [1.807, 2.05) is 0 Å². The van der Waals surface area contributed by atoms with E-state index in [1.165, 1.54) is 212 Å². The van der Waals surface area contributed by atoms with E-state index in [2.05, 4.69) is 48.5 Å². The number of aliphatic hydroxyl groups is 1. The lowest BCUT2D eigenvalue weighted by Crippen LogP contribution is -2.30. The van der Waals surface area contributed by atoms with Crippen molar-refractivity contribution in [2.24, 2.45) is 17.8 Å². The Morgan fingerprint density at radius 3 is 0.776 bits per heavy atom. The van der Waals surface area contributed by atoms with Crippen LogP contribution < -0.4 is 0 Å². The largest absolute Gasteiger partial charge is 0.472 e. The summed E-state index contributed by atoms with van der Waals surface area (Å²) in [4.78, 5) is 72.9. The minimum absolute atomic E-state index is 0.107. The smallest absolute Gasteiger partial charge is 0.462 e. The predicted molar refractivity (Wildman–Crippen MR) is 400 cm³/mol. The lowest BCUT2D eigenvalue weighted by molar-refractivity contribution is -0.161. The summed E-state index contributed by atoms with van der Waals surface area (Å²) in [6.45, 7) is 11.9. The minimum atomic E-state index is -4.96. The lowest BCUT2D eigenvalue weighted by atomic mass is 9.99. The van der Waals surface area contributed by atoms with Crippen molar-refractivity contribution in [3.05, 3.63) is 0 Å². The zero-order valence-electron chi connectivity index (χ0n) is 64.3. The maximum absolute atomic E-state index is 13.1. The molecule has 0 radical (unpaired) electrons. The Morgan fingerprint density at radius 1 is 0.296 bits per heavy atom. The molecule has 0 aromatic heterocycles. The van der Waals surface area contributed by atoms with Gasteiger partial charge in [-0.15, -0.1) is 0 Å². The molecule has 98 heavy (non-hydrogen) atoms. The van der Waals surface area contributed by atoms with Crippen LogP contribution in [-0.2, 0) is 65.4 Å². The fourth-order valence-electron chi connectivity index (χ4n) is 12.1. The summed E-state index contributed by atoms with van der Waals surface area (Å²) in [6.07, 6.45) is 56.9. The topological polar surface area (TPSA) is 237 Å². The molecule has 4 unspecified atom stereocenters. The molecule has 0 spiro atoms. The van der Waals surface area contributed by atoms with E-state index in [1.54, 1.807) is 0 Å². The van der Waals surface area contributed by atoms with Gasteiger partial charge in [0.25, 0.3) is 0 Å². The lowest BCUT2D eigenvalue weighted by Gasteiger charge is -2.21. The van der Waals surface area contributed by atoms with Gasteiger partial charge in [-0.1, -0.05) is 357 Å². The normalized spacial score (nSPS) is 14.6. The fraction of sp³-hybridized carbons (Fsp3) is 0.949. The third-order valence-corrected chi connectivity index (χ3v) is 21.0. The highest BCUT2D eigenvalue weighted by Crippen LogP contribution is 2.45. The van der Waals surface area contributed by atoms with Gasteiger partial charge in [0.15, 0.2) is 12.2 Å². The van der Waals surface area contributed by atoms with Crippen molar-refractivity contribution in [3.63, 3.8) is 0 Å². The van der Waals surface area contributed by atoms with Crippen LogP contribution in [0.3, 0.4) is 0 Å². The third kappa shape index (κ3) is 69.8. The molecule has 3 N–H and O–H groups in total. The molecular weight excluding hydrogens is 1280 g/mol. The molecule has 0 saturated heterocycles. The number of unbranched alkanes of at least 4 members (excludes halogenated alkanes) is 43. The van der Waals surface area contributed by atoms with Gasteiger partial charge in [-0.3, -0.25) is 37.3 Å². The highest BCUT2D eigenvalue weighted by atomic mass is 31.2.